The first-order valence-corrected chi connectivity index (χ1v) is 11.2. The predicted octanol–water partition coefficient (Wildman–Crippen LogP) is 2.65. The molecule has 0 radical (unpaired) electrons. The van der Waals surface area contributed by atoms with Gasteiger partial charge in [-0.05, 0) is 51.1 Å². The summed E-state index contributed by atoms with van der Waals surface area (Å²) in [5, 5.41) is 13.9. The van der Waals surface area contributed by atoms with Gasteiger partial charge >= 0.3 is 6.18 Å². The van der Waals surface area contributed by atoms with E-state index >= 15 is 0 Å². The Morgan fingerprint density at radius 3 is 2.47 bits per heavy atom. The van der Waals surface area contributed by atoms with Gasteiger partial charge < -0.3 is 15.1 Å². The van der Waals surface area contributed by atoms with Crippen LogP contribution in [0.15, 0.2) is 42.5 Å². The first-order chi connectivity index (χ1) is 16.2. The molecule has 8 nitrogen and oxygen atoms in total. The molecule has 1 aliphatic heterocycles. The number of rotatable bonds is 7. The van der Waals surface area contributed by atoms with Gasteiger partial charge in [-0.2, -0.15) is 17.7 Å². The van der Waals surface area contributed by atoms with Gasteiger partial charge in [0.05, 0.1) is 0 Å². The zero-order valence-corrected chi connectivity index (χ0v) is 19.2. The van der Waals surface area contributed by atoms with E-state index in [1.54, 1.807) is 6.07 Å². The summed E-state index contributed by atoms with van der Waals surface area (Å²) < 4.78 is 40.2. The van der Waals surface area contributed by atoms with Crippen molar-refractivity contribution in [3.05, 3.63) is 53.9 Å². The number of anilines is 1. The topological polar surface area (TPSA) is 78.7 Å². The number of piperidine rings is 1. The SMILES string of the molecule is CN(C)[C@@H](CNC(=O)C1CCN(c2ccc3nnc(C(F)(F)F)n3n2)CC1)Cc1ccccc1. The number of carbonyl (C=O) groups excluding carboxylic acids is 1. The van der Waals surface area contributed by atoms with Crippen LogP contribution in [0.4, 0.5) is 19.0 Å². The summed E-state index contributed by atoms with van der Waals surface area (Å²) in [6.45, 7) is 1.61. The minimum atomic E-state index is -4.64. The average Bonchev–Trinajstić information content (AvgIpc) is 3.26. The molecule has 0 spiro atoms. The molecule has 1 amide bonds. The Kier molecular flexibility index (Phi) is 7.01. The molecule has 4 rings (SSSR count). The van der Waals surface area contributed by atoms with Crippen molar-refractivity contribution < 1.29 is 18.0 Å². The number of hydrogen-bond donors (Lipinski definition) is 1. The Hall–Kier alpha value is -3.21. The fraction of sp³-hybridized carbons (Fsp3) is 0.478. The smallest absolute Gasteiger partial charge is 0.355 e. The molecule has 1 fully saturated rings. The van der Waals surface area contributed by atoms with E-state index in [4.69, 9.17) is 0 Å². The lowest BCUT2D eigenvalue weighted by Gasteiger charge is -2.32. The van der Waals surface area contributed by atoms with Crippen LogP contribution in [0.5, 0.6) is 0 Å². The molecule has 0 saturated carbocycles. The Morgan fingerprint density at radius 2 is 1.82 bits per heavy atom. The van der Waals surface area contributed by atoms with Crippen molar-refractivity contribution in [2.45, 2.75) is 31.5 Å². The molecule has 34 heavy (non-hydrogen) atoms. The number of likely N-dealkylation sites (N-methyl/N-ethyl adjacent to an activating group) is 1. The Morgan fingerprint density at radius 1 is 1.12 bits per heavy atom. The lowest BCUT2D eigenvalue weighted by molar-refractivity contribution is -0.146. The molecule has 11 heteroatoms. The van der Waals surface area contributed by atoms with Gasteiger partial charge in [-0.25, -0.2) is 0 Å². The van der Waals surface area contributed by atoms with Crippen molar-refractivity contribution in [3.63, 3.8) is 0 Å². The summed E-state index contributed by atoms with van der Waals surface area (Å²) in [4.78, 5) is 16.8. The number of nitrogens with zero attached hydrogens (tertiary/aromatic N) is 6. The molecule has 0 unspecified atom stereocenters. The number of carbonyl (C=O) groups is 1. The minimum Gasteiger partial charge on any atom is -0.355 e. The molecular formula is C23H28F3N7O. The molecule has 3 aromatic rings. The molecule has 2 aromatic heterocycles. The summed E-state index contributed by atoms with van der Waals surface area (Å²) in [7, 11) is 4.00. The zero-order chi connectivity index (χ0) is 24.3. The molecule has 0 aliphatic carbocycles. The highest BCUT2D eigenvalue weighted by Crippen LogP contribution is 2.28. The molecule has 0 bridgehead atoms. The van der Waals surface area contributed by atoms with Gasteiger partial charge in [0.2, 0.25) is 5.91 Å². The predicted molar refractivity (Wildman–Crippen MR) is 121 cm³/mol. The summed E-state index contributed by atoms with van der Waals surface area (Å²) in [5.41, 5.74) is 1.26. The molecule has 1 N–H and O–H groups in total. The summed E-state index contributed by atoms with van der Waals surface area (Å²) in [5.74, 6) is -0.863. The number of nitrogens with one attached hydrogen (secondary N) is 1. The number of benzene rings is 1. The van der Waals surface area contributed by atoms with Crippen LogP contribution in [0.1, 0.15) is 24.2 Å². The molecule has 1 aliphatic rings. The van der Waals surface area contributed by atoms with E-state index in [0.717, 1.165) is 10.9 Å². The lowest BCUT2D eigenvalue weighted by atomic mass is 9.95. The Bertz CT molecular complexity index is 1110. The number of alkyl halides is 3. The average molecular weight is 476 g/mol. The van der Waals surface area contributed by atoms with Crippen molar-refractivity contribution in [3.8, 4) is 0 Å². The second-order valence-electron chi connectivity index (χ2n) is 8.80. The Balaban J connectivity index is 1.33. The van der Waals surface area contributed by atoms with Crippen LogP contribution in [-0.2, 0) is 17.4 Å². The van der Waals surface area contributed by atoms with E-state index in [1.807, 2.05) is 37.2 Å². The first-order valence-electron chi connectivity index (χ1n) is 11.2. The van der Waals surface area contributed by atoms with Gasteiger partial charge in [0.1, 0.15) is 5.82 Å². The van der Waals surface area contributed by atoms with Gasteiger partial charge in [-0.3, -0.25) is 4.79 Å². The van der Waals surface area contributed by atoms with Crippen LogP contribution in [0.2, 0.25) is 0 Å². The molecule has 1 atom stereocenters. The van der Waals surface area contributed by atoms with E-state index in [9.17, 15) is 18.0 Å². The van der Waals surface area contributed by atoms with Gasteiger partial charge in [-0.15, -0.1) is 15.3 Å². The van der Waals surface area contributed by atoms with Crippen molar-refractivity contribution in [1.29, 1.82) is 0 Å². The van der Waals surface area contributed by atoms with Crippen molar-refractivity contribution in [1.82, 2.24) is 30.0 Å². The van der Waals surface area contributed by atoms with E-state index in [1.165, 1.54) is 11.6 Å². The second kappa shape index (κ2) is 9.96. The maximum Gasteiger partial charge on any atom is 0.453 e. The quantitative estimate of drug-likeness (QED) is 0.566. The first kappa shape index (κ1) is 23.9. The number of amides is 1. The van der Waals surface area contributed by atoms with E-state index in [-0.39, 0.29) is 23.5 Å². The van der Waals surface area contributed by atoms with E-state index in [0.29, 0.717) is 38.3 Å². The van der Waals surface area contributed by atoms with Crippen molar-refractivity contribution in [2.75, 3.05) is 38.6 Å². The molecule has 1 saturated heterocycles. The standard InChI is InChI=1S/C23H28F3N7O/c1-31(2)18(14-16-6-4-3-5-7-16)15-27-21(34)17-10-12-32(13-11-17)20-9-8-19-28-29-22(23(24,25)26)33(19)30-20/h3-9,17-18H,10-15H2,1-2H3,(H,27,34)/t18-/m1/s1. The number of halogens is 3. The minimum absolute atomic E-state index is 0.0149. The maximum atomic E-state index is 13.1. The summed E-state index contributed by atoms with van der Waals surface area (Å²) in [6.07, 6.45) is -2.60. The van der Waals surface area contributed by atoms with Gasteiger partial charge in [0.15, 0.2) is 5.65 Å². The highest BCUT2D eigenvalue weighted by Gasteiger charge is 2.38. The number of fused-ring (bicyclic) bond motifs is 1. The normalized spacial score (nSPS) is 16.2. The monoisotopic (exact) mass is 475 g/mol. The molecule has 3 heterocycles. The van der Waals surface area contributed by atoms with Crippen LogP contribution < -0.4 is 10.2 Å². The van der Waals surface area contributed by atoms with Crippen LogP contribution in [0.3, 0.4) is 0 Å². The van der Waals surface area contributed by atoms with Crippen molar-refractivity contribution >= 4 is 17.4 Å². The zero-order valence-electron chi connectivity index (χ0n) is 19.2. The lowest BCUT2D eigenvalue weighted by Crippen LogP contribution is -2.46. The molecular weight excluding hydrogens is 447 g/mol. The maximum absolute atomic E-state index is 13.1. The number of hydrogen-bond acceptors (Lipinski definition) is 6. The Labute approximate surface area is 195 Å². The van der Waals surface area contributed by atoms with Crippen LogP contribution in [0.25, 0.3) is 5.65 Å². The fourth-order valence-electron chi connectivity index (χ4n) is 4.18. The van der Waals surface area contributed by atoms with Crippen LogP contribution >= 0.6 is 0 Å². The molecule has 182 valence electrons. The van der Waals surface area contributed by atoms with E-state index in [2.05, 4.69) is 37.6 Å². The summed E-state index contributed by atoms with van der Waals surface area (Å²) >= 11 is 0. The van der Waals surface area contributed by atoms with Gasteiger partial charge in [0.25, 0.3) is 5.82 Å². The second-order valence-corrected chi connectivity index (χ2v) is 8.80. The van der Waals surface area contributed by atoms with Crippen LogP contribution in [0, 0.1) is 5.92 Å². The molecule has 1 aromatic carbocycles. The van der Waals surface area contributed by atoms with Crippen molar-refractivity contribution in [2.24, 2.45) is 5.92 Å². The highest BCUT2D eigenvalue weighted by molar-refractivity contribution is 5.79. The van der Waals surface area contributed by atoms with Gasteiger partial charge in [-0.1, -0.05) is 30.3 Å². The third-order valence-corrected chi connectivity index (χ3v) is 6.25. The summed E-state index contributed by atoms with van der Waals surface area (Å²) in [6, 6.07) is 13.4. The highest BCUT2D eigenvalue weighted by atomic mass is 19.4. The number of aromatic nitrogens is 4. The third kappa shape index (κ3) is 5.46. The third-order valence-electron chi connectivity index (χ3n) is 6.25. The fourth-order valence-corrected chi connectivity index (χ4v) is 4.18. The van der Waals surface area contributed by atoms with E-state index < -0.39 is 12.0 Å². The largest absolute Gasteiger partial charge is 0.453 e. The van der Waals surface area contributed by atoms with Gasteiger partial charge in [0, 0.05) is 31.6 Å². The van der Waals surface area contributed by atoms with Crippen LogP contribution in [-0.4, -0.2) is 70.4 Å².